The van der Waals surface area contributed by atoms with E-state index >= 15 is 0 Å². The fourth-order valence-corrected chi connectivity index (χ4v) is 5.89. The molecule has 2 N–H and O–H groups in total. The predicted octanol–water partition coefficient (Wildman–Crippen LogP) is 4.09. The summed E-state index contributed by atoms with van der Waals surface area (Å²) in [5.41, 5.74) is 3.01. The second kappa shape index (κ2) is 9.59. The van der Waals surface area contributed by atoms with Crippen LogP contribution >= 0.6 is 0 Å². The van der Waals surface area contributed by atoms with Crippen LogP contribution in [0, 0.1) is 11.7 Å². The standard InChI is InChI=1S/C26H25FN4O3S/c27-21-10-8-18(9-11-21)16-28-26(32)20-7-4-14-31(17-20)35(33,34)22-12-13-23-24(15-22)30-25(29-23)19-5-2-1-3-6-19/h1-3,5-6,8-13,15,20H,4,7,14,16-17H2,(H,28,32)(H,29,30). The minimum absolute atomic E-state index is 0.119. The van der Waals surface area contributed by atoms with Crippen molar-refractivity contribution in [2.24, 2.45) is 5.92 Å². The van der Waals surface area contributed by atoms with Gasteiger partial charge in [-0.15, -0.1) is 0 Å². The molecule has 1 aliphatic heterocycles. The summed E-state index contributed by atoms with van der Waals surface area (Å²) in [5.74, 6) is -0.311. The van der Waals surface area contributed by atoms with E-state index in [2.05, 4.69) is 15.3 Å². The normalized spacial score (nSPS) is 16.9. The molecular weight excluding hydrogens is 467 g/mol. The van der Waals surface area contributed by atoms with E-state index in [4.69, 9.17) is 0 Å². The summed E-state index contributed by atoms with van der Waals surface area (Å²) in [6.07, 6.45) is 1.21. The Bertz CT molecular complexity index is 1450. The molecule has 0 aliphatic carbocycles. The van der Waals surface area contributed by atoms with Crippen LogP contribution in [0.1, 0.15) is 18.4 Å². The van der Waals surface area contributed by atoms with Gasteiger partial charge in [0, 0.05) is 25.2 Å². The van der Waals surface area contributed by atoms with Gasteiger partial charge in [0.1, 0.15) is 11.6 Å². The molecule has 3 aromatic carbocycles. The highest BCUT2D eigenvalue weighted by molar-refractivity contribution is 7.89. The molecule has 2 heterocycles. The van der Waals surface area contributed by atoms with Crippen LogP contribution < -0.4 is 5.32 Å². The van der Waals surface area contributed by atoms with Gasteiger partial charge >= 0.3 is 0 Å². The van der Waals surface area contributed by atoms with Crippen LogP contribution in [0.5, 0.6) is 0 Å². The number of sulfonamides is 1. The number of carbonyl (C=O) groups excluding carboxylic acids is 1. The first-order valence-corrected chi connectivity index (χ1v) is 12.9. The lowest BCUT2D eigenvalue weighted by Crippen LogP contribution is -2.45. The number of aromatic nitrogens is 2. The van der Waals surface area contributed by atoms with Crippen molar-refractivity contribution in [3.05, 3.63) is 84.2 Å². The first-order valence-electron chi connectivity index (χ1n) is 11.5. The molecule has 1 fully saturated rings. The van der Waals surface area contributed by atoms with Crippen molar-refractivity contribution >= 4 is 27.0 Å². The van der Waals surface area contributed by atoms with Crippen LogP contribution in [0.2, 0.25) is 0 Å². The summed E-state index contributed by atoms with van der Waals surface area (Å²) in [7, 11) is -3.78. The number of piperidine rings is 1. The maximum Gasteiger partial charge on any atom is 0.243 e. The minimum atomic E-state index is -3.78. The molecule has 5 rings (SSSR count). The largest absolute Gasteiger partial charge is 0.352 e. The fraction of sp³-hybridized carbons (Fsp3) is 0.231. The third kappa shape index (κ3) is 4.96. The molecule has 1 aromatic heterocycles. The maximum atomic E-state index is 13.4. The van der Waals surface area contributed by atoms with Crippen LogP contribution in [0.3, 0.4) is 0 Å². The number of halogens is 1. The number of hydrogen-bond donors (Lipinski definition) is 2. The quantitative estimate of drug-likeness (QED) is 0.424. The van der Waals surface area contributed by atoms with Gasteiger partial charge in [0.05, 0.1) is 21.8 Å². The van der Waals surface area contributed by atoms with Gasteiger partial charge in [0.25, 0.3) is 0 Å². The highest BCUT2D eigenvalue weighted by Crippen LogP contribution is 2.27. The van der Waals surface area contributed by atoms with Crippen molar-refractivity contribution in [2.75, 3.05) is 13.1 Å². The molecule has 1 unspecified atom stereocenters. The van der Waals surface area contributed by atoms with E-state index in [1.807, 2.05) is 30.3 Å². The third-order valence-electron chi connectivity index (χ3n) is 6.27. The molecule has 0 saturated carbocycles. The first-order chi connectivity index (χ1) is 16.9. The van der Waals surface area contributed by atoms with Crippen molar-refractivity contribution in [1.82, 2.24) is 19.6 Å². The van der Waals surface area contributed by atoms with Crippen molar-refractivity contribution in [3.63, 3.8) is 0 Å². The molecule has 7 nitrogen and oxygen atoms in total. The molecule has 4 aromatic rings. The van der Waals surface area contributed by atoms with E-state index in [1.165, 1.54) is 16.4 Å². The average molecular weight is 493 g/mol. The third-order valence-corrected chi connectivity index (χ3v) is 8.13. The molecule has 1 aliphatic rings. The number of carbonyl (C=O) groups is 1. The highest BCUT2D eigenvalue weighted by atomic mass is 32.2. The van der Waals surface area contributed by atoms with E-state index in [0.29, 0.717) is 36.2 Å². The maximum absolute atomic E-state index is 13.4. The Morgan fingerprint density at radius 2 is 1.86 bits per heavy atom. The summed E-state index contributed by atoms with van der Waals surface area (Å²) in [6.45, 7) is 0.747. The number of aromatic amines is 1. The summed E-state index contributed by atoms with van der Waals surface area (Å²) in [4.78, 5) is 20.7. The van der Waals surface area contributed by atoms with E-state index in [9.17, 15) is 17.6 Å². The van der Waals surface area contributed by atoms with Crippen molar-refractivity contribution in [3.8, 4) is 11.4 Å². The zero-order chi connectivity index (χ0) is 24.4. The highest BCUT2D eigenvalue weighted by Gasteiger charge is 2.33. The number of imidazole rings is 1. The first kappa shape index (κ1) is 23.2. The molecular formula is C26H25FN4O3S. The summed E-state index contributed by atoms with van der Waals surface area (Å²) in [5, 5.41) is 2.85. The van der Waals surface area contributed by atoms with Gasteiger partial charge in [-0.05, 0) is 48.7 Å². The SMILES string of the molecule is O=C(NCc1ccc(F)cc1)C1CCCN(S(=O)(=O)c2ccc3nc(-c4ccccc4)[nH]c3c2)C1. The van der Waals surface area contributed by atoms with Gasteiger partial charge in [-0.3, -0.25) is 4.79 Å². The van der Waals surface area contributed by atoms with E-state index < -0.39 is 15.9 Å². The molecule has 0 spiro atoms. The van der Waals surface area contributed by atoms with Crippen LogP contribution in [-0.2, 0) is 21.4 Å². The van der Waals surface area contributed by atoms with Crippen LogP contribution in [-0.4, -0.2) is 41.7 Å². The molecule has 0 bridgehead atoms. The number of hydrogen-bond acceptors (Lipinski definition) is 4. The fourth-order valence-electron chi connectivity index (χ4n) is 4.34. The Hall–Kier alpha value is -3.56. The van der Waals surface area contributed by atoms with Gasteiger partial charge < -0.3 is 10.3 Å². The van der Waals surface area contributed by atoms with Gasteiger partial charge in [-0.25, -0.2) is 17.8 Å². The average Bonchev–Trinajstić information content (AvgIpc) is 3.32. The topological polar surface area (TPSA) is 95.2 Å². The molecule has 1 saturated heterocycles. The molecule has 9 heteroatoms. The Morgan fingerprint density at radius 3 is 2.63 bits per heavy atom. The Morgan fingerprint density at radius 1 is 1.09 bits per heavy atom. The number of fused-ring (bicyclic) bond motifs is 1. The van der Waals surface area contributed by atoms with Gasteiger partial charge in [0.2, 0.25) is 15.9 Å². The number of nitrogens with zero attached hydrogens (tertiary/aromatic N) is 2. The number of amides is 1. The molecule has 1 amide bonds. The second-order valence-electron chi connectivity index (χ2n) is 8.68. The van der Waals surface area contributed by atoms with E-state index in [-0.39, 0.29) is 29.7 Å². The number of nitrogens with one attached hydrogen (secondary N) is 2. The summed E-state index contributed by atoms with van der Waals surface area (Å²) < 4.78 is 41.3. The zero-order valence-corrected chi connectivity index (χ0v) is 19.8. The monoisotopic (exact) mass is 492 g/mol. The van der Waals surface area contributed by atoms with E-state index in [0.717, 1.165) is 11.1 Å². The Balaban J connectivity index is 1.30. The summed E-state index contributed by atoms with van der Waals surface area (Å²) in [6, 6.07) is 20.4. The van der Waals surface area contributed by atoms with Gasteiger partial charge in [-0.2, -0.15) is 4.31 Å². The van der Waals surface area contributed by atoms with Gasteiger partial charge in [-0.1, -0.05) is 42.5 Å². The van der Waals surface area contributed by atoms with Crippen LogP contribution in [0.4, 0.5) is 4.39 Å². The molecule has 35 heavy (non-hydrogen) atoms. The number of benzene rings is 3. The second-order valence-corrected chi connectivity index (χ2v) is 10.6. The van der Waals surface area contributed by atoms with Crippen LogP contribution in [0.15, 0.2) is 77.7 Å². The smallest absolute Gasteiger partial charge is 0.243 e. The molecule has 0 radical (unpaired) electrons. The predicted molar refractivity (Wildman–Crippen MR) is 131 cm³/mol. The molecule has 1 atom stereocenters. The zero-order valence-electron chi connectivity index (χ0n) is 18.9. The van der Waals surface area contributed by atoms with Crippen molar-refractivity contribution < 1.29 is 17.6 Å². The summed E-state index contributed by atoms with van der Waals surface area (Å²) >= 11 is 0. The van der Waals surface area contributed by atoms with Crippen LogP contribution in [0.25, 0.3) is 22.4 Å². The number of rotatable bonds is 6. The van der Waals surface area contributed by atoms with E-state index in [1.54, 1.807) is 30.3 Å². The minimum Gasteiger partial charge on any atom is -0.352 e. The lowest BCUT2D eigenvalue weighted by atomic mass is 9.99. The Labute approximate surface area is 203 Å². The lowest BCUT2D eigenvalue weighted by Gasteiger charge is -2.31. The van der Waals surface area contributed by atoms with Crippen molar-refractivity contribution in [1.29, 1.82) is 0 Å². The van der Waals surface area contributed by atoms with Crippen molar-refractivity contribution in [2.45, 2.75) is 24.3 Å². The number of H-pyrrole nitrogens is 1. The molecule has 180 valence electrons. The Kier molecular flexibility index (Phi) is 6.36. The lowest BCUT2D eigenvalue weighted by molar-refractivity contribution is -0.126. The van der Waals surface area contributed by atoms with Gasteiger partial charge in [0.15, 0.2) is 0 Å².